The summed E-state index contributed by atoms with van der Waals surface area (Å²) in [5, 5.41) is 20.9. The molecule has 2 fully saturated rings. The van der Waals surface area contributed by atoms with E-state index in [2.05, 4.69) is 71.8 Å². The Morgan fingerprint density at radius 1 is 0.676 bits per heavy atom. The molecule has 74 heavy (non-hydrogen) atoms. The van der Waals surface area contributed by atoms with Crippen LogP contribution in [-0.2, 0) is 51.0 Å². The number of allylic oxidation sites excluding steroid dienone is 7. The number of carbonyl (C=O) groups excluding carboxylic acids is 2. The normalized spacial score (nSPS) is 22.0. The highest BCUT2D eigenvalue weighted by atomic mass is 31.3. The van der Waals surface area contributed by atoms with Crippen molar-refractivity contribution < 1.29 is 71.0 Å². The number of phosphoric acid groups is 2. The molecule has 2 saturated heterocycles. The maximum Gasteiger partial charge on any atom is 0.481 e. The van der Waals surface area contributed by atoms with Gasteiger partial charge in [-0.3, -0.25) is 23.2 Å². The van der Waals surface area contributed by atoms with Gasteiger partial charge in [0.05, 0.1) is 25.4 Å². The van der Waals surface area contributed by atoms with E-state index in [9.17, 15) is 43.5 Å². The van der Waals surface area contributed by atoms with Gasteiger partial charge < -0.3 is 44.7 Å². The SMILES string of the molecule is CCCCCC/C=C\C/C=C\C/C=C\CCCCCCCCC(=O)OC[C@H](COP(=O)(O)OP(=O)(O)OC[C@H]1O[C@@H](n2ccc(N)nc2=O)[C@H](O)[C@@H]1O)OC(=O)CCCCCCC/C=C\CC1OC1CCCCC. The molecule has 0 spiro atoms. The quantitative estimate of drug-likeness (QED) is 0.0133. The molecule has 1 aromatic rings. The summed E-state index contributed by atoms with van der Waals surface area (Å²) in [6.07, 6.45) is 37.7. The number of anilines is 1. The van der Waals surface area contributed by atoms with E-state index >= 15 is 0 Å². The first-order chi connectivity index (χ1) is 35.6. The number of nitrogens with zero attached hydrogens (tertiary/aromatic N) is 2. The average Bonchev–Trinajstić information content (AvgIpc) is 4.05. The molecule has 0 aromatic carbocycles. The number of hydrogen-bond acceptors (Lipinski definition) is 16. The minimum absolute atomic E-state index is 0.0251. The summed E-state index contributed by atoms with van der Waals surface area (Å²) in [5.41, 5.74) is 4.59. The lowest BCUT2D eigenvalue weighted by Crippen LogP contribution is -2.36. The molecule has 0 bridgehead atoms. The first-order valence-electron chi connectivity index (χ1n) is 27.3. The molecule has 6 N–H and O–H groups in total. The van der Waals surface area contributed by atoms with Gasteiger partial charge in [0.15, 0.2) is 12.3 Å². The van der Waals surface area contributed by atoms with Crippen molar-refractivity contribution >= 4 is 33.4 Å². The Hall–Kier alpha value is -3.32. The third-order valence-electron chi connectivity index (χ3n) is 12.6. The summed E-state index contributed by atoms with van der Waals surface area (Å²) in [6.45, 7) is 2.09. The van der Waals surface area contributed by atoms with Crippen molar-refractivity contribution in [2.24, 2.45) is 0 Å². The Morgan fingerprint density at radius 2 is 1.22 bits per heavy atom. The molecule has 9 atom stereocenters. The first-order valence-corrected chi connectivity index (χ1v) is 30.3. The highest BCUT2D eigenvalue weighted by Crippen LogP contribution is 2.60. The Balaban J connectivity index is 1.37. The molecule has 422 valence electrons. The fourth-order valence-corrected chi connectivity index (χ4v) is 10.3. The lowest BCUT2D eigenvalue weighted by molar-refractivity contribution is -0.161. The van der Waals surface area contributed by atoms with Crippen molar-refractivity contribution in [1.82, 2.24) is 9.55 Å². The predicted molar refractivity (Wildman–Crippen MR) is 284 cm³/mol. The number of carbonyl (C=O) groups is 2. The van der Waals surface area contributed by atoms with Crippen LogP contribution in [0.15, 0.2) is 65.7 Å². The Morgan fingerprint density at radius 3 is 1.84 bits per heavy atom. The molecule has 21 heteroatoms. The molecule has 0 radical (unpaired) electrons. The molecule has 0 saturated carbocycles. The largest absolute Gasteiger partial charge is 0.481 e. The van der Waals surface area contributed by atoms with Crippen LogP contribution in [0.5, 0.6) is 0 Å². The van der Waals surface area contributed by atoms with E-state index in [1.165, 1.54) is 51.0 Å². The number of hydrogen-bond donors (Lipinski definition) is 5. The fraction of sp³-hybridized carbons (Fsp3) is 0.736. The molecular formula is C53H89N3O16P2. The Bertz CT molecular complexity index is 2000. The Labute approximate surface area is 439 Å². The van der Waals surface area contributed by atoms with Gasteiger partial charge in [0, 0.05) is 19.0 Å². The van der Waals surface area contributed by atoms with E-state index in [0.717, 1.165) is 113 Å². The molecular weight excluding hydrogens is 997 g/mol. The van der Waals surface area contributed by atoms with Crippen molar-refractivity contribution in [2.45, 2.75) is 230 Å². The summed E-state index contributed by atoms with van der Waals surface area (Å²) >= 11 is 0. The van der Waals surface area contributed by atoms with Crippen LogP contribution in [0.1, 0.15) is 193 Å². The molecule has 2 aliphatic rings. The topological polar surface area (TPSA) is 278 Å². The zero-order valence-electron chi connectivity index (χ0n) is 44.1. The highest BCUT2D eigenvalue weighted by Gasteiger charge is 2.46. The van der Waals surface area contributed by atoms with Gasteiger partial charge in [0.2, 0.25) is 0 Å². The zero-order chi connectivity index (χ0) is 53.9. The van der Waals surface area contributed by atoms with Gasteiger partial charge >= 0.3 is 33.3 Å². The van der Waals surface area contributed by atoms with Crippen LogP contribution in [0.2, 0.25) is 0 Å². The number of aromatic nitrogens is 2. The second-order valence-electron chi connectivity index (χ2n) is 19.1. The van der Waals surface area contributed by atoms with Crippen LogP contribution >= 0.6 is 15.6 Å². The molecule has 3 rings (SSSR count). The summed E-state index contributed by atoms with van der Waals surface area (Å²) in [7, 11) is -10.9. The second-order valence-corrected chi connectivity index (χ2v) is 22.2. The monoisotopic (exact) mass is 1090 g/mol. The third-order valence-corrected chi connectivity index (χ3v) is 15.2. The molecule has 0 aliphatic carbocycles. The second kappa shape index (κ2) is 38.3. The number of ether oxygens (including phenoxy) is 4. The van der Waals surface area contributed by atoms with Crippen molar-refractivity contribution in [3.05, 3.63) is 71.4 Å². The van der Waals surface area contributed by atoms with Gasteiger partial charge in [0.1, 0.15) is 30.7 Å². The van der Waals surface area contributed by atoms with Crippen LogP contribution < -0.4 is 11.4 Å². The summed E-state index contributed by atoms with van der Waals surface area (Å²) < 4.78 is 62.6. The molecule has 1 aromatic heterocycles. The third kappa shape index (κ3) is 29.8. The fourth-order valence-electron chi connectivity index (χ4n) is 8.21. The lowest BCUT2D eigenvalue weighted by Gasteiger charge is -2.21. The number of phosphoric ester groups is 2. The standard InChI is InChI=1S/C53H89N3O16P2/c1-3-5-7-8-9-10-11-12-13-14-15-16-17-18-19-20-21-25-28-32-36-48(57)66-40-43(69-49(58)37-33-29-26-23-22-24-27-31-35-45-44(70-45)34-30-6-4-2)41-67-73(62,63)72-74(64,65)68-42-46-50(59)51(60)52(71-46)56-39-38-47(54)55-53(56)61/h10-11,13-14,16-17,27,31,38-39,43-46,50-52,59-60H,3-9,12,15,18-26,28-30,32-37,40-42H2,1-2H3,(H,62,63)(H,64,65)(H2,54,55,61)/b11-10-,14-13-,17-16-,31-27-/t43-,44?,45?,46-,50-,51-,52-/m1/s1. The number of rotatable bonds is 44. The minimum Gasteiger partial charge on any atom is -0.462 e. The lowest BCUT2D eigenvalue weighted by atomic mass is 10.1. The smallest absolute Gasteiger partial charge is 0.462 e. The molecule has 3 heterocycles. The Kier molecular flexibility index (Phi) is 33.6. The summed E-state index contributed by atoms with van der Waals surface area (Å²) in [5.74, 6) is -1.33. The number of unbranched alkanes of at least 4 members (excludes halogenated alkanes) is 17. The van der Waals surface area contributed by atoms with E-state index in [-0.39, 0.29) is 18.7 Å². The van der Waals surface area contributed by atoms with E-state index in [1.807, 2.05) is 0 Å². The van der Waals surface area contributed by atoms with Crippen LogP contribution in [0.4, 0.5) is 5.82 Å². The van der Waals surface area contributed by atoms with Gasteiger partial charge in [-0.1, -0.05) is 146 Å². The van der Waals surface area contributed by atoms with E-state index in [4.69, 9.17) is 33.7 Å². The highest BCUT2D eigenvalue weighted by molar-refractivity contribution is 7.61. The van der Waals surface area contributed by atoms with Crippen LogP contribution in [-0.4, -0.2) is 97.9 Å². The van der Waals surface area contributed by atoms with Crippen LogP contribution in [0.3, 0.4) is 0 Å². The molecule has 4 unspecified atom stereocenters. The average molecular weight is 1090 g/mol. The number of nitrogens with two attached hydrogens (primary N) is 1. The first kappa shape index (κ1) is 65.0. The van der Waals surface area contributed by atoms with Gasteiger partial charge in [-0.05, 0) is 83.1 Å². The molecule has 19 nitrogen and oxygen atoms in total. The molecule has 2 aliphatic heterocycles. The van der Waals surface area contributed by atoms with Crippen LogP contribution in [0.25, 0.3) is 0 Å². The summed E-state index contributed by atoms with van der Waals surface area (Å²) in [6, 6.07) is 1.25. The van der Waals surface area contributed by atoms with Crippen molar-refractivity contribution in [3.8, 4) is 0 Å². The zero-order valence-corrected chi connectivity index (χ0v) is 45.9. The maximum atomic E-state index is 12.9. The van der Waals surface area contributed by atoms with Gasteiger partial charge in [0.25, 0.3) is 0 Å². The number of nitrogen functional groups attached to an aromatic ring is 1. The van der Waals surface area contributed by atoms with Gasteiger partial charge in [-0.25, -0.2) is 13.9 Å². The summed E-state index contributed by atoms with van der Waals surface area (Å²) in [4.78, 5) is 62.1. The molecule has 0 amide bonds. The van der Waals surface area contributed by atoms with Gasteiger partial charge in [-0.15, -0.1) is 0 Å². The van der Waals surface area contributed by atoms with Crippen molar-refractivity contribution in [3.63, 3.8) is 0 Å². The number of aliphatic hydroxyl groups is 2. The van der Waals surface area contributed by atoms with E-state index in [0.29, 0.717) is 25.0 Å². The predicted octanol–water partition coefficient (Wildman–Crippen LogP) is 10.7. The number of aliphatic hydroxyl groups excluding tert-OH is 2. The van der Waals surface area contributed by atoms with E-state index in [1.54, 1.807) is 0 Å². The maximum absolute atomic E-state index is 12.9. The number of esters is 2. The van der Waals surface area contributed by atoms with E-state index < -0.39 is 83.7 Å². The van der Waals surface area contributed by atoms with Crippen molar-refractivity contribution in [2.75, 3.05) is 25.6 Å². The minimum atomic E-state index is -5.44. The van der Waals surface area contributed by atoms with Crippen molar-refractivity contribution in [1.29, 1.82) is 0 Å². The van der Waals surface area contributed by atoms with Crippen LogP contribution in [0, 0.1) is 0 Å². The van der Waals surface area contributed by atoms with Gasteiger partial charge in [-0.2, -0.15) is 9.29 Å². The number of epoxide rings is 1.